The zero-order chi connectivity index (χ0) is 29.0. The second-order valence-electron chi connectivity index (χ2n) is 11.0. The molecule has 2 heterocycles. The van der Waals surface area contributed by atoms with Gasteiger partial charge in [-0.15, -0.1) is 0 Å². The third-order valence-electron chi connectivity index (χ3n) is 8.18. The van der Waals surface area contributed by atoms with Gasteiger partial charge in [-0.25, -0.2) is 4.21 Å². The molecule has 0 radical (unpaired) electrons. The SMILES string of the molecule is CCCCC1=NC2(CCCC2)C(=O)N1Cc1ccc(-c2ccccc2S(=O)Nc2noc(C)c2C)c(COCC)c1. The van der Waals surface area contributed by atoms with Gasteiger partial charge in [0.25, 0.3) is 5.91 Å². The van der Waals surface area contributed by atoms with Crippen molar-refractivity contribution < 1.29 is 18.3 Å². The molecule has 1 amide bonds. The standard InChI is InChI=1S/C32H40N4O4S/c1-5-7-14-29-33-32(17-10-11-18-32)31(37)36(29)20-24-15-16-26(25(19-24)21-39-6-2)27-12-8-9-13-28(27)41(38)35-30-22(3)23(4)40-34-30/h8-9,12-13,15-16,19H,5-7,10-11,14,17-18,20-21H2,1-4H3,(H,34,35). The Morgan fingerprint density at radius 1 is 1.10 bits per heavy atom. The molecule has 2 aromatic carbocycles. The summed E-state index contributed by atoms with van der Waals surface area (Å²) in [4.78, 5) is 21.3. The molecule has 1 saturated carbocycles. The van der Waals surface area contributed by atoms with Crippen LogP contribution in [-0.2, 0) is 33.7 Å². The van der Waals surface area contributed by atoms with E-state index < -0.39 is 16.5 Å². The second-order valence-corrected chi connectivity index (χ2v) is 12.2. The molecule has 9 heteroatoms. The first-order valence-electron chi connectivity index (χ1n) is 14.7. The van der Waals surface area contributed by atoms with Gasteiger partial charge in [-0.2, -0.15) is 0 Å². The molecular weight excluding hydrogens is 536 g/mol. The summed E-state index contributed by atoms with van der Waals surface area (Å²) in [6.07, 6.45) is 6.72. The Balaban J connectivity index is 1.45. The first kappa shape index (κ1) is 29.2. The number of anilines is 1. The van der Waals surface area contributed by atoms with Gasteiger partial charge in [-0.1, -0.05) is 67.7 Å². The van der Waals surface area contributed by atoms with Crippen molar-refractivity contribution in [3.63, 3.8) is 0 Å². The number of carbonyl (C=O) groups excluding carboxylic acids is 1. The van der Waals surface area contributed by atoms with Crippen molar-refractivity contribution in [1.82, 2.24) is 10.1 Å². The summed E-state index contributed by atoms with van der Waals surface area (Å²) >= 11 is 0. The molecule has 8 nitrogen and oxygen atoms in total. The minimum absolute atomic E-state index is 0.154. The number of aliphatic imine (C=N–C) groups is 1. The molecule has 3 aromatic rings. The predicted octanol–water partition coefficient (Wildman–Crippen LogP) is 6.87. The largest absolute Gasteiger partial charge is 0.377 e. The molecule has 2 aliphatic rings. The highest BCUT2D eigenvalue weighted by Gasteiger charge is 2.49. The lowest BCUT2D eigenvalue weighted by atomic mass is 9.96. The first-order valence-corrected chi connectivity index (χ1v) is 15.8. The van der Waals surface area contributed by atoms with E-state index in [2.05, 4.69) is 35.0 Å². The molecule has 1 N–H and O–H groups in total. The molecule has 218 valence electrons. The summed E-state index contributed by atoms with van der Waals surface area (Å²) in [5.74, 6) is 2.24. The lowest BCUT2D eigenvalue weighted by Crippen LogP contribution is -2.40. The minimum Gasteiger partial charge on any atom is -0.377 e. The molecule has 1 atom stereocenters. The Morgan fingerprint density at radius 2 is 1.88 bits per heavy atom. The number of amidine groups is 1. The normalized spacial score (nSPS) is 16.9. The number of hydrogen-bond acceptors (Lipinski definition) is 6. The van der Waals surface area contributed by atoms with Gasteiger partial charge in [0, 0.05) is 18.6 Å². The Morgan fingerprint density at radius 3 is 2.59 bits per heavy atom. The van der Waals surface area contributed by atoms with Crippen LogP contribution >= 0.6 is 0 Å². The number of unbranched alkanes of at least 4 members (excludes halogenated alkanes) is 1. The van der Waals surface area contributed by atoms with Crippen LogP contribution in [0.2, 0.25) is 0 Å². The van der Waals surface area contributed by atoms with E-state index in [4.69, 9.17) is 14.3 Å². The lowest BCUT2D eigenvalue weighted by molar-refractivity contribution is -0.131. The number of amides is 1. The van der Waals surface area contributed by atoms with Crippen LogP contribution in [0.3, 0.4) is 0 Å². The van der Waals surface area contributed by atoms with Crippen molar-refractivity contribution >= 4 is 28.5 Å². The summed E-state index contributed by atoms with van der Waals surface area (Å²) in [6, 6.07) is 13.9. The van der Waals surface area contributed by atoms with Crippen LogP contribution in [0.1, 0.15) is 81.2 Å². The molecule has 0 saturated heterocycles. The molecule has 5 rings (SSSR count). The van der Waals surface area contributed by atoms with E-state index in [0.29, 0.717) is 36.2 Å². The van der Waals surface area contributed by atoms with Gasteiger partial charge >= 0.3 is 0 Å². The van der Waals surface area contributed by atoms with E-state index in [9.17, 15) is 9.00 Å². The van der Waals surface area contributed by atoms with Crippen LogP contribution in [-0.4, -0.2) is 38.2 Å². The zero-order valence-electron chi connectivity index (χ0n) is 24.5. The molecule has 1 spiro atoms. The van der Waals surface area contributed by atoms with Gasteiger partial charge in [0.1, 0.15) is 17.1 Å². The summed E-state index contributed by atoms with van der Waals surface area (Å²) in [5.41, 5.74) is 4.09. The fourth-order valence-electron chi connectivity index (χ4n) is 5.73. The van der Waals surface area contributed by atoms with Crippen LogP contribution in [0.25, 0.3) is 11.1 Å². The van der Waals surface area contributed by atoms with Crippen molar-refractivity contribution in [2.24, 2.45) is 4.99 Å². The summed E-state index contributed by atoms with van der Waals surface area (Å²) in [5, 5.41) is 4.02. The third-order valence-corrected chi connectivity index (χ3v) is 9.31. The first-order chi connectivity index (χ1) is 19.9. The summed E-state index contributed by atoms with van der Waals surface area (Å²) < 4.78 is 27.6. The average molecular weight is 577 g/mol. The van der Waals surface area contributed by atoms with E-state index >= 15 is 0 Å². The number of aromatic nitrogens is 1. The molecule has 1 aromatic heterocycles. The predicted molar refractivity (Wildman–Crippen MR) is 162 cm³/mol. The number of rotatable bonds is 12. The molecule has 1 unspecified atom stereocenters. The van der Waals surface area contributed by atoms with Crippen LogP contribution in [0, 0.1) is 13.8 Å². The molecule has 1 fully saturated rings. The van der Waals surface area contributed by atoms with Crippen LogP contribution in [0.4, 0.5) is 5.82 Å². The Hall–Kier alpha value is -3.30. The smallest absolute Gasteiger partial charge is 0.256 e. The number of ether oxygens (including phenoxy) is 1. The molecular formula is C32H40N4O4S. The highest BCUT2D eigenvalue weighted by atomic mass is 32.2. The van der Waals surface area contributed by atoms with E-state index in [1.807, 2.05) is 49.9 Å². The topological polar surface area (TPSA) is 97.0 Å². The number of aryl methyl sites for hydroxylation is 1. The van der Waals surface area contributed by atoms with Gasteiger partial charge in [-0.3, -0.25) is 19.4 Å². The van der Waals surface area contributed by atoms with E-state index in [-0.39, 0.29) is 5.91 Å². The fourth-order valence-corrected chi connectivity index (χ4v) is 6.78. The van der Waals surface area contributed by atoms with Crippen molar-refractivity contribution in [2.75, 3.05) is 11.3 Å². The van der Waals surface area contributed by atoms with Crippen molar-refractivity contribution in [1.29, 1.82) is 0 Å². The van der Waals surface area contributed by atoms with Gasteiger partial charge < -0.3 is 9.26 Å². The maximum absolute atomic E-state index is 13.7. The highest BCUT2D eigenvalue weighted by molar-refractivity contribution is 7.86. The third kappa shape index (κ3) is 6.02. The highest BCUT2D eigenvalue weighted by Crippen LogP contribution is 2.40. The van der Waals surface area contributed by atoms with Crippen LogP contribution < -0.4 is 4.72 Å². The zero-order valence-corrected chi connectivity index (χ0v) is 25.3. The van der Waals surface area contributed by atoms with E-state index in [0.717, 1.165) is 78.6 Å². The number of carbonyl (C=O) groups is 1. The minimum atomic E-state index is -1.57. The molecule has 1 aliphatic carbocycles. The Labute approximate surface area is 245 Å². The van der Waals surface area contributed by atoms with Crippen molar-refractivity contribution in [3.05, 3.63) is 64.9 Å². The Bertz CT molecular complexity index is 1460. The van der Waals surface area contributed by atoms with Crippen LogP contribution in [0.15, 0.2) is 56.9 Å². The average Bonchev–Trinajstić information content (AvgIpc) is 3.66. The van der Waals surface area contributed by atoms with Gasteiger partial charge in [0.05, 0.1) is 18.0 Å². The monoisotopic (exact) mass is 576 g/mol. The number of nitrogens with one attached hydrogen (secondary N) is 1. The van der Waals surface area contributed by atoms with E-state index in [1.54, 1.807) is 0 Å². The van der Waals surface area contributed by atoms with Gasteiger partial charge in [0.2, 0.25) is 0 Å². The van der Waals surface area contributed by atoms with Gasteiger partial charge in [-0.05, 0) is 68.4 Å². The number of benzene rings is 2. The summed E-state index contributed by atoms with van der Waals surface area (Å²) in [7, 11) is -1.57. The second kappa shape index (κ2) is 12.7. The maximum Gasteiger partial charge on any atom is 0.256 e. The van der Waals surface area contributed by atoms with Crippen molar-refractivity contribution in [2.45, 2.75) is 96.2 Å². The fraction of sp³-hybridized carbons (Fsp3) is 0.469. The molecule has 41 heavy (non-hydrogen) atoms. The lowest BCUT2D eigenvalue weighted by Gasteiger charge is -2.23. The Kier molecular flexibility index (Phi) is 9.04. The van der Waals surface area contributed by atoms with Crippen molar-refractivity contribution in [3.8, 4) is 11.1 Å². The maximum atomic E-state index is 13.7. The molecule has 1 aliphatic heterocycles. The molecule has 0 bridgehead atoms. The van der Waals surface area contributed by atoms with Gasteiger partial charge in [0.15, 0.2) is 16.8 Å². The quantitative estimate of drug-likeness (QED) is 0.254. The van der Waals surface area contributed by atoms with E-state index in [1.165, 1.54) is 0 Å². The number of nitrogens with zero attached hydrogens (tertiary/aromatic N) is 3. The summed E-state index contributed by atoms with van der Waals surface area (Å²) in [6.45, 7) is 9.32. The van der Waals surface area contributed by atoms with Crippen LogP contribution in [0.5, 0.6) is 0 Å². The number of hydrogen-bond donors (Lipinski definition) is 1.